The lowest BCUT2D eigenvalue weighted by Gasteiger charge is -2.24. The quantitative estimate of drug-likeness (QED) is 0.246. The lowest BCUT2D eigenvalue weighted by molar-refractivity contribution is -0.127. The molecule has 2 aliphatic carbocycles. The van der Waals surface area contributed by atoms with E-state index < -0.39 is 0 Å². The molecule has 1 amide bonds. The van der Waals surface area contributed by atoms with E-state index in [1.54, 1.807) is 6.20 Å². The molecule has 0 saturated heterocycles. The predicted octanol–water partition coefficient (Wildman–Crippen LogP) is 2.27. The van der Waals surface area contributed by atoms with Crippen molar-refractivity contribution in [3.05, 3.63) is 74.6 Å². The van der Waals surface area contributed by atoms with Gasteiger partial charge in [-0.15, -0.1) is 0 Å². The van der Waals surface area contributed by atoms with E-state index in [9.17, 15) is 14.4 Å². The standard InChI is InChI=1S/C28H32N8O3/c29-11-12-35-25-23(27(38)36(28(35)39)21-8-9-21)33-24(34-25)20-7-10-22(31-16-20)30-14-17-3-1-4-18(13-17)15-32-26(37)19-5-2-6-19/h1,3-4,7,10,13,16,19,21H,2,5-6,8-9,11-12,14-15,29H2,(H,30,31)(H,32,37)(H,33,34). The summed E-state index contributed by atoms with van der Waals surface area (Å²) < 4.78 is 2.80. The third-order valence-corrected chi connectivity index (χ3v) is 7.52. The number of hydrogen-bond donors (Lipinski definition) is 4. The van der Waals surface area contributed by atoms with Crippen LogP contribution in [0.4, 0.5) is 5.82 Å². The van der Waals surface area contributed by atoms with Crippen LogP contribution in [0.5, 0.6) is 0 Å². The number of nitrogens with one attached hydrogen (secondary N) is 3. The van der Waals surface area contributed by atoms with Gasteiger partial charge in [0.25, 0.3) is 5.56 Å². The zero-order chi connectivity index (χ0) is 26.9. The Morgan fingerprint density at radius 1 is 1.08 bits per heavy atom. The molecule has 2 fully saturated rings. The summed E-state index contributed by atoms with van der Waals surface area (Å²) in [6.45, 7) is 1.65. The Bertz CT molecular complexity index is 1630. The number of carbonyl (C=O) groups is 1. The average Bonchev–Trinajstić information content (AvgIpc) is 3.65. The molecule has 0 atom stereocenters. The zero-order valence-corrected chi connectivity index (χ0v) is 21.7. The maximum absolute atomic E-state index is 13.1. The van der Waals surface area contributed by atoms with Crippen LogP contribution >= 0.6 is 0 Å². The molecule has 4 aromatic rings. The number of aromatic amines is 1. The molecule has 39 heavy (non-hydrogen) atoms. The highest BCUT2D eigenvalue weighted by atomic mass is 16.2. The molecule has 202 valence electrons. The Morgan fingerprint density at radius 2 is 1.87 bits per heavy atom. The fraction of sp³-hybridized carbons (Fsp3) is 0.393. The van der Waals surface area contributed by atoms with Gasteiger partial charge in [0, 0.05) is 49.9 Å². The van der Waals surface area contributed by atoms with Gasteiger partial charge in [0.15, 0.2) is 5.65 Å². The van der Waals surface area contributed by atoms with Gasteiger partial charge in [-0.3, -0.25) is 18.7 Å². The third-order valence-electron chi connectivity index (χ3n) is 7.52. The summed E-state index contributed by atoms with van der Waals surface area (Å²) in [6.07, 6.45) is 6.46. The Labute approximate surface area is 224 Å². The number of carbonyl (C=O) groups excluding carboxylic acids is 1. The molecule has 2 aliphatic rings. The van der Waals surface area contributed by atoms with Gasteiger partial charge >= 0.3 is 5.69 Å². The van der Waals surface area contributed by atoms with Crippen molar-refractivity contribution in [3.63, 3.8) is 0 Å². The summed E-state index contributed by atoms with van der Waals surface area (Å²) in [5, 5.41) is 6.36. The molecule has 5 N–H and O–H groups in total. The van der Waals surface area contributed by atoms with E-state index >= 15 is 0 Å². The lowest BCUT2D eigenvalue weighted by Crippen LogP contribution is -2.40. The van der Waals surface area contributed by atoms with Crippen LogP contribution < -0.4 is 27.6 Å². The molecule has 3 aromatic heterocycles. The normalized spacial score (nSPS) is 15.3. The Balaban J connectivity index is 1.15. The number of hydrogen-bond acceptors (Lipinski definition) is 7. The lowest BCUT2D eigenvalue weighted by atomic mass is 9.85. The summed E-state index contributed by atoms with van der Waals surface area (Å²) in [4.78, 5) is 50.3. The second kappa shape index (κ2) is 10.5. The highest BCUT2D eigenvalue weighted by molar-refractivity contribution is 5.79. The van der Waals surface area contributed by atoms with Crippen LogP contribution in [0.3, 0.4) is 0 Å². The molecule has 0 bridgehead atoms. The number of benzene rings is 1. The van der Waals surface area contributed by atoms with Crippen LogP contribution in [0.2, 0.25) is 0 Å². The van der Waals surface area contributed by atoms with Crippen LogP contribution in [-0.2, 0) is 24.4 Å². The van der Waals surface area contributed by atoms with Crippen LogP contribution in [0.15, 0.2) is 52.2 Å². The van der Waals surface area contributed by atoms with Gasteiger partial charge in [-0.2, -0.15) is 0 Å². The molecule has 6 rings (SSSR count). The predicted molar refractivity (Wildman–Crippen MR) is 148 cm³/mol. The Hall–Kier alpha value is -4.25. The number of aromatic nitrogens is 5. The van der Waals surface area contributed by atoms with E-state index in [1.165, 1.54) is 9.13 Å². The van der Waals surface area contributed by atoms with Crippen molar-refractivity contribution >= 4 is 22.9 Å². The van der Waals surface area contributed by atoms with Gasteiger partial charge in [-0.25, -0.2) is 14.8 Å². The van der Waals surface area contributed by atoms with E-state index in [1.807, 2.05) is 30.3 Å². The number of nitrogens with zero attached hydrogens (tertiary/aromatic N) is 4. The number of rotatable bonds is 10. The van der Waals surface area contributed by atoms with Crippen molar-refractivity contribution in [1.82, 2.24) is 29.4 Å². The first-order valence-electron chi connectivity index (χ1n) is 13.5. The summed E-state index contributed by atoms with van der Waals surface area (Å²) in [6, 6.07) is 11.8. The Morgan fingerprint density at radius 3 is 2.54 bits per heavy atom. The minimum absolute atomic E-state index is 0.0519. The summed E-state index contributed by atoms with van der Waals surface area (Å²) in [5.41, 5.74) is 8.49. The molecule has 0 aliphatic heterocycles. The highest BCUT2D eigenvalue weighted by Crippen LogP contribution is 2.32. The van der Waals surface area contributed by atoms with Crippen LogP contribution in [-0.4, -0.2) is 36.5 Å². The number of fused-ring (bicyclic) bond motifs is 1. The van der Waals surface area contributed by atoms with Crippen LogP contribution in [0, 0.1) is 5.92 Å². The van der Waals surface area contributed by atoms with Crippen molar-refractivity contribution in [1.29, 1.82) is 0 Å². The van der Waals surface area contributed by atoms with Crippen molar-refractivity contribution < 1.29 is 4.79 Å². The fourth-order valence-electron chi connectivity index (χ4n) is 4.94. The van der Waals surface area contributed by atoms with Gasteiger partial charge < -0.3 is 21.4 Å². The minimum atomic E-state index is -0.360. The van der Waals surface area contributed by atoms with E-state index in [0.29, 0.717) is 41.5 Å². The van der Waals surface area contributed by atoms with E-state index in [0.717, 1.165) is 43.2 Å². The van der Waals surface area contributed by atoms with Crippen molar-refractivity contribution in [2.75, 3.05) is 11.9 Å². The molecule has 0 radical (unpaired) electrons. The maximum atomic E-state index is 13.1. The number of amides is 1. The maximum Gasteiger partial charge on any atom is 0.333 e. The first-order valence-corrected chi connectivity index (χ1v) is 13.5. The molecule has 1 aromatic carbocycles. The van der Waals surface area contributed by atoms with Gasteiger partial charge in [-0.05, 0) is 48.9 Å². The number of anilines is 1. The van der Waals surface area contributed by atoms with Crippen LogP contribution in [0.25, 0.3) is 22.6 Å². The fourth-order valence-corrected chi connectivity index (χ4v) is 4.94. The highest BCUT2D eigenvalue weighted by Gasteiger charge is 2.30. The molecule has 11 heteroatoms. The van der Waals surface area contributed by atoms with Crippen molar-refractivity contribution in [3.8, 4) is 11.4 Å². The number of nitrogens with two attached hydrogens (primary N) is 1. The largest absolute Gasteiger partial charge is 0.366 e. The van der Waals surface area contributed by atoms with Crippen molar-refractivity contribution in [2.24, 2.45) is 11.7 Å². The van der Waals surface area contributed by atoms with Gasteiger partial charge in [0.2, 0.25) is 5.91 Å². The third kappa shape index (κ3) is 5.09. The van der Waals surface area contributed by atoms with Gasteiger partial charge in [0.1, 0.15) is 17.2 Å². The monoisotopic (exact) mass is 528 g/mol. The molecule has 11 nitrogen and oxygen atoms in total. The molecule has 0 unspecified atom stereocenters. The molecule has 2 saturated carbocycles. The number of imidazole rings is 1. The molecular formula is C28H32N8O3. The number of H-pyrrole nitrogens is 1. The van der Waals surface area contributed by atoms with Gasteiger partial charge in [0.05, 0.1) is 0 Å². The SMILES string of the molecule is NCCn1c(=O)n(C2CC2)c(=O)c2[nH]c(-c3ccc(NCc4cccc(CNC(=O)C5CCC5)c4)nc3)nc21. The molecular weight excluding hydrogens is 496 g/mol. The average molecular weight is 529 g/mol. The zero-order valence-electron chi connectivity index (χ0n) is 21.7. The van der Waals surface area contributed by atoms with Crippen LogP contribution in [0.1, 0.15) is 49.3 Å². The molecule has 0 spiro atoms. The van der Waals surface area contributed by atoms with Crippen molar-refractivity contribution in [2.45, 2.75) is 57.8 Å². The van der Waals surface area contributed by atoms with E-state index in [-0.39, 0.29) is 42.2 Å². The summed E-state index contributed by atoms with van der Waals surface area (Å²) >= 11 is 0. The molecule has 3 heterocycles. The topological polar surface area (TPSA) is 153 Å². The second-order valence-electron chi connectivity index (χ2n) is 10.4. The second-order valence-corrected chi connectivity index (χ2v) is 10.4. The summed E-state index contributed by atoms with van der Waals surface area (Å²) in [5.74, 6) is 1.49. The minimum Gasteiger partial charge on any atom is -0.366 e. The number of pyridine rings is 1. The Kier molecular flexibility index (Phi) is 6.74. The summed E-state index contributed by atoms with van der Waals surface area (Å²) in [7, 11) is 0. The first-order chi connectivity index (χ1) is 19.0. The smallest absolute Gasteiger partial charge is 0.333 e. The first kappa shape index (κ1) is 25.1. The van der Waals surface area contributed by atoms with Gasteiger partial charge in [-0.1, -0.05) is 30.7 Å². The van der Waals surface area contributed by atoms with E-state index in [2.05, 4.69) is 31.7 Å². The van der Waals surface area contributed by atoms with E-state index in [4.69, 9.17) is 5.73 Å².